The number of amides is 2. The van der Waals surface area contributed by atoms with Crippen molar-refractivity contribution in [3.05, 3.63) is 29.3 Å². The summed E-state index contributed by atoms with van der Waals surface area (Å²) in [6.45, 7) is 2.09. The normalized spacial score (nSPS) is 14.5. The first-order valence-electron chi connectivity index (χ1n) is 5.72. The Morgan fingerprint density at radius 1 is 1.41 bits per heavy atom. The number of nitrogens with one attached hydrogen (secondary N) is 1. The maximum Gasteiger partial charge on any atom is 0.239 e. The van der Waals surface area contributed by atoms with Crippen LogP contribution in [0, 0.1) is 6.92 Å². The van der Waals surface area contributed by atoms with Gasteiger partial charge in [0.25, 0.3) is 0 Å². The summed E-state index contributed by atoms with van der Waals surface area (Å²) in [5, 5.41) is 2.55. The van der Waals surface area contributed by atoms with Crippen molar-refractivity contribution in [2.75, 3.05) is 18.5 Å². The molecule has 0 bridgehead atoms. The predicted molar refractivity (Wildman–Crippen MR) is 65.9 cm³/mol. The molecule has 0 aliphatic carbocycles. The van der Waals surface area contributed by atoms with Gasteiger partial charge in [0.05, 0.1) is 0 Å². The molecule has 0 radical (unpaired) electrons. The van der Waals surface area contributed by atoms with E-state index < -0.39 is 0 Å². The average molecular weight is 232 g/mol. The van der Waals surface area contributed by atoms with E-state index in [4.69, 9.17) is 0 Å². The van der Waals surface area contributed by atoms with Gasteiger partial charge >= 0.3 is 0 Å². The molecule has 2 rings (SSSR count). The van der Waals surface area contributed by atoms with Crippen molar-refractivity contribution in [3.8, 4) is 0 Å². The van der Waals surface area contributed by atoms with Crippen LogP contribution in [-0.2, 0) is 16.0 Å². The van der Waals surface area contributed by atoms with E-state index in [0.29, 0.717) is 6.42 Å². The van der Waals surface area contributed by atoms with Crippen molar-refractivity contribution in [1.29, 1.82) is 0 Å². The standard InChI is InChI=1S/C13H16N2O2/c1-9-3-4-10-5-6-13(17)15(11(10)7-9)8-12(16)14-2/h3-4,7H,5-6,8H2,1-2H3,(H,14,16). The number of anilines is 1. The topological polar surface area (TPSA) is 49.4 Å². The molecule has 0 spiro atoms. The molecule has 90 valence electrons. The van der Waals surface area contributed by atoms with Crippen LogP contribution >= 0.6 is 0 Å². The number of aryl methyl sites for hydroxylation is 2. The van der Waals surface area contributed by atoms with Gasteiger partial charge in [-0.25, -0.2) is 0 Å². The Kier molecular flexibility index (Phi) is 3.13. The third kappa shape index (κ3) is 2.30. The van der Waals surface area contributed by atoms with E-state index in [-0.39, 0.29) is 18.4 Å². The quantitative estimate of drug-likeness (QED) is 0.827. The second kappa shape index (κ2) is 4.57. The third-order valence-electron chi connectivity index (χ3n) is 3.02. The molecule has 0 saturated carbocycles. The van der Waals surface area contributed by atoms with Gasteiger partial charge in [0.15, 0.2) is 0 Å². The fraction of sp³-hybridized carbons (Fsp3) is 0.385. The summed E-state index contributed by atoms with van der Waals surface area (Å²) in [7, 11) is 1.58. The lowest BCUT2D eigenvalue weighted by atomic mass is 9.99. The van der Waals surface area contributed by atoms with Crippen LogP contribution < -0.4 is 10.2 Å². The first-order chi connectivity index (χ1) is 8.11. The molecule has 1 aromatic carbocycles. The zero-order valence-corrected chi connectivity index (χ0v) is 10.1. The van der Waals surface area contributed by atoms with Gasteiger partial charge in [0.2, 0.25) is 11.8 Å². The van der Waals surface area contributed by atoms with Crippen molar-refractivity contribution in [3.63, 3.8) is 0 Å². The summed E-state index contributed by atoms with van der Waals surface area (Å²) in [5.41, 5.74) is 3.12. The number of nitrogens with zero attached hydrogens (tertiary/aromatic N) is 1. The van der Waals surface area contributed by atoms with E-state index in [1.807, 2.05) is 25.1 Å². The number of carbonyl (C=O) groups is 2. The number of hydrogen-bond donors (Lipinski definition) is 1. The Hall–Kier alpha value is -1.84. The summed E-state index contributed by atoms with van der Waals surface area (Å²) in [5.74, 6) is -0.126. The van der Waals surface area contributed by atoms with Crippen molar-refractivity contribution >= 4 is 17.5 Å². The minimum atomic E-state index is -0.146. The molecule has 0 unspecified atom stereocenters. The number of benzene rings is 1. The van der Waals surface area contributed by atoms with Gasteiger partial charge in [0, 0.05) is 19.2 Å². The first-order valence-corrected chi connectivity index (χ1v) is 5.72. The van der Waals surface area contributed by atoms with E-state index in [9.17, 15) is 9.59 Å². The molecular formula is C13H16N2O2. The number of hydrogen-bond acceptors (Lipinski definition) is 2. The smallest absolute Gasteiger partial charge is 0.239 e. The van der Waals surface area contributed by atoms with Gasteiger partial charge in [-0.2, -0.15) is 0 Å². The highest BCUT2D eigenvalue weighted by molar-refractivity contribution is 6.01. The van der Waals surface area contributed by atoms with Crippen LogP contribution in [0.1, 0.15) is 17.5 Å². The maximum atomic E-state index is 11.9. The second-order valence-corrected chi connectivity index (χ2v) is 4.29. The van der Waals surface area contributed by atoms with E-state index >= 15 is 0 Å². The Balaban J connectivity index is 2.35. The molecule has 4 nitrogen and oxygen atoms in total. The number of fused-ring (bicyclic) bond motifs is 1. The summed E-state index contributed by atoms with van der Waals surface area (Å²) in [4.78, 5) is 24.9. The molecule has 17 heavy (non-hydrogen) atoms. The van der Waals surface area contributed by atoms with E-state index in [1.165, 1.54) is 0 Å². The summed E-state index contributed by atoms with van der Waals surface area (Å²) in [6.07, 6.45) is 1.24. The van der Waals surface area contributed by atoms with Crippen LogP contribution in [0.3, 0.4) is 0 Å². The second-order valence-electron chi connectivity index (χ2n) is 4.29. The fourth-order valence-electron chi connectivity index (χ4n) is 2.04. The zero-order chi connectivity index (χ0) is 12.4. The lowest BCUT2D eigenvalue weighted by molar-refractivity contribution is -0.123. The molecular weight excluding hydrogens is 216 g/mol. The van der Waals surface area contributed by atoms with E-state index in [2.05, 4.69) is 5.32 Å². The Bertz CT molecular complexity index is 468. The Morgan fingerprint density at radius 3 is 2.88 bits per heavy atom. The van der Waals surface area contributed by atoms with Crippen LogP contribution in [0.2, 0.25) is 0 Å². The van der Waals surface area contributed by atoms with Gasteiger partial charge in [-0.05, 0) is 30.5 Å². The molecule has 1 heterocycles. The highest BCUT2D eigenvalue weighted by Crippen LogP contribution is 2.28. The Morgan fingerprint density at radius 2 is 2.18 bits per heavy atom. The predicted octanol–water partition coefficient (Wildman–Crippen LogP) is 1.02. The maximum absolute atomic E-state index is 11.9. The minimum absolute atomic E-state index is 0.0201. The largest absolute Gasteiger partial charge is 0.358 e. The monoisotopic (exact) mass is 232 g/mol. The lowest BCUT2D eigenvalue weighted by Crippen LogP contribution is -2.42. The first kappa shape index (κ1) is 11.6. The zero-order valence-electron chi connectivity index (χ0n) is 10.1. The molecule has 0 fully saturated rings. The minimum Gasteiger partial charge on any atom is -0.358 e. The molecule has 1 N–H and O–H groups in total. The van der Waals surface area contributed by atoms with Crippen LogP contribution in [0.15, 0.2) is 18.2 Å². The molecule has 0 aromatic heterocycles. The van der Waals surface area contributed by atoms with Gasteiger partial charge in [-0.1, -0.05) is 12.1 Å². The van der Waals surface area contributed by atoms with Gasteiger partial charge in [0.1, 0.15) is 6.54 Å². The summed E-state index contributed by atoms with van der Waals surface area (Å²) in [6, 6.07) is 6.04. The average Bonchev–Trinajstić information content (AvgIpc) is 2.32. The van der Waals surface area contributed by atoms with E-state index in [1.54, 1.807) is 11.9 Å². The third-order valence-corrected chi connectivity index (χ3v) is 3.02. The lowest BCUT2D eigenvalue weighted by Gasteiger charge is -2.29. The van der Waals surface area contributed by atoms with Crippen molar-refractivity contribution < 1.29 is 9.59 Å². The summed E-state index contributed by atoms with van der Waals surface area (Å²) >= 11 is 0. The molecule has 1 aliphatic rings. The summed E-state index contributed by atoms with van der Waals surface area (Å²) < 4.78 is 0. The van der Waals surface area contributed by atoms with Crippen molar-refractivity contribution in [2.24, 2.45) is 0 Å². The number of rotatable bonds is 2. The van der Waals surface area contributed by atoms with Gasteiger partial charge in [-0.15, -0.1) is 0 Å². The van der Waals surface area contributed by atoms with E-state index in [0.717, 1.165) is 23.2 Å². The Labute approximate surface area is 101 Å². The molecule has 0 saturated heterocycles. The molecule has 2 amide bonds. The van der Waals surface area contributed by atoms with Crippen molar-refractivity contribution in [1.82, 2.24) is 5.32 Å². The van der Waals surface area contributed by atoms with Gasteiger partial charge < -0.3 is 10.2 Å². The molecule has 1 aromatic rings. The molecule has 4 heteroatoms. The number of likely N-dealkylation sites (N-methyl/N-ethyl adjacent to an activating group) is 1. The van der Waals surface area contributed by atoms with Crippen LogP contribution in [0.25, 0.3) is 0 Å². The highest BCUT2D eigenvalue weighted by Gasteiger charge is 2.25. The van der Waals surface area contributed by atoms with Crippen LogP contribution in [0.5, 0.6) is 0 Å². The van der Waals surface area contributed by atoms with Crippen LogP contribution in [-0.4, -0.2) is 25.4 Å². The van der Waals surface area contributed by atoms with Gasteiger partial charge in [-0.3, -0.25) is 9.59 Å². The number of carbonyl (C=O) groups excluding carboxylic acids is 2. The molecule has 0 atom stereocenters. The van der Waals surface area contributed by atoms with Crippen molar-refractivity contribution in [2.45, 2.75) is 19.8 Å². The SMILES string of the molecule is CNC(=O)CN1C(=O)CCc2ccc(C)cc21. The van der Waals surface area contributed by atoms with Crippen LogP contribution in [0.4, 0.5) is 5.69 Å². The highest BCUT2D eigenvalue weighted by atomic mass is 16.2. The fourth-order valence-corrected chi connectivity index (χ4v) is 2.04. The molecule has 1 aliphatic heterocycles.